The molecule has 6 nitrogen and oxygen atoms in total. The third-order valence-electron chi connectivity index (χ3n) is 5.18. The van der Waals surface area contributed by atoms with Crippen molar-refractivity contribution in [3.63, 3.8) is 0 Å². The largest absolute Gasteiger partial charge is 0.393 e. The molecule has 0 saturated carbocycles. The number of aliphatic hydroxyl groups excluding tert-OH is 1. The van der Waals surface area contributed by atoms with Crippen molar-refractivity contribution in [3.05, 3.63) is 78.1 Å². The Morgan fingerprint density at radius 1 is 1.11 bits per heavy atom. The first-order chi connectivity index (χ1) is 13.6. The van der Waals surface area contributed by atoms with Crippen LogP contribution >= 0.6 is 0 Å². The fraction of sp³-hybridized carbons (Fsp3) is 0.273. The van der Waals surface area contributed by atoms with E-state index in [1.54, 1.807) is 17.2 Å². The van der Waals surface area contributed by atoms with Gasteiger partial charge in [-0.2, -0.15) is 5.10 Å². The molecule has 3 aromatic rings. The van der Waals surface area contributed by atoms with Gasteiger partial charge in [0, 0.05) is 23.9 Å². The molecule has 0 radical (unpaired) electrons. The van der Waals surface area contributed by atoms with E-state index in [0.717, 1.165) is 11.1 Å². The number of carbonyl (C=O) groups is 1. The molecule has 1 saturated heterocycles. The molecule has 0 aliphatic carbocycles. The van der Waals surface area contributed by atoms with E-state index >= 15 is 0 Å². The maximum absolute atomic E-state index is 12.8. The van der Waals surface area contributed by atoms with Crippen LogP contribution in [0, 0.1) is 0 Å². The lowest BCUT2D eigenvalue weighted by atomic mass is 10.0. The zero-order valence-corrected chi connectivity index (χ0v) is 15.5. The molecule has 6 heteroatoms. The van der Waals surface area contributed by atoms with Crippen molar-refractivity contribution in [2.24, 2.45) is 0 Å². The first kappa shape index (κ1) is 18.4. The van der Waals surface area contributed by atoms with E-state index in [1.165, 1.54) is 5.56 Å². The molecular weight excluding hydrogens is 354 g/mol. The van der Waals surface area contributed by atoms with Crippen molar-refractivity contribution < 1.29 is 15.0 Å². The summed E-state index contributed by atoms with van der Waals surface area (Å²) in [7, 11) is 0. The summed E-state index contributed by atoms with van der Waals surface area (Å²) in [5, 5.41) is 23.9. The van der Waals surface area contributed by atoms with E-state index in [-0.39, 0.29) is 19.1 Å². The minimum Gasteiger partial charge on any atom is -0.393 e. The Hall–Kier alpha value is -2.96. The number of aliphatic hydroxyl groups is 2. The van der Waals surface area contributed by atoms with Crippen LogP contribution in [0.3, 0.4) is 0 Å². The van der Waals surface area contributed by atoms with Gasteiger partial charge in [0.25, 0.3) is 5.91 Å². The summed E-state index contributed by atoms with van der Waals surface area (Å²) >= 11 is 0. The summed E-state index contributed by atoms with van der Waals surface area (Å²) in [6.07, 6.45) is 4.16. The molecular formula is C22H23N3O3. The maximum atomic E-state index is 12.8. The van der Waals surface area contributed by atoms with Crippen LogP contribution in [0.4, 0.5) is 0 Å². The Balaban J connectivity index is 1.51. The molecule has 28 heavy (non-hydrogen) atoms. The first-order valence-corrected chi connectivity index (χ1v) is 9.36. The molecule has 1 atom stereocenters. The Labute approximate surface area is 163 Å². The van der Waals surface area contributed by atoms with E-state index in [4.69, 9.17) is 0 Å². The van der Waals surface area contributed by atoms with Crippen molar-refractivity contribution in [1.82, 2.24) is 14.7 Å². The van der Waals surface area contributed by atoms with Crippen LogP contribution in [0.15, 0.2) is 67.0 Å². The van der Waals surface area contributed by atoms with E-state index < -0.39 is 5.60 Å². The summed E-state index contributed by atoms with van der Waals surface area (Å²) in [6, 6.07) is 17.5. The fourth-order valence-electron chi connectivity index (χ4n) is 3.54. The van der Waals surface area contributed by atoms with Crippen LogP contribution in [-0.4, -0.2) is 56.1 Å². The molecule has 0 spiro atoms. The van der Waals surface area contributed by atoms with E-state index in [2.05, 4.69) is 17.2 Å². The van der Waals surface area contributed by atoms with Crippen LogP contribution < -0.4 is 0 Å². The molecule has 0 bridgehead atoms. The third kappa shape index (κ3) is 3.83. The van der Waals surface area contributed by atoms with Gasteiger partial charge >= 0.3 is 0 Å². The van der Waals surface area contributed by atoms with Gasteiger partial charge in [-0.1, -0.05) is 42.5 Å². The number of β-amino-alcohol motifs (C(OH)–C–C–N with tert-alkyl or cyclic N) is 1. The molecule has 1 fully saturated rings. The van der Waals surface area contributed by atoms with Gasteiger partial charge in [-0.05, 0) is 29.7 Å². The van der Waals surface area contributed by atoms with E-state index in [0.29, 0.717) is 25.1 Å². The van der Waals surface area contributed by atoms with Crippen molar-refractivity contribution >= 4 is 5.91 Å². The number of rotatable bonds is 5. The van der Waals surface area contributed by atoms with Crippen LogP contribution in [0.25, 0.3) is 11.1 Å². The topological polar surface area (TPSA) is 78.6 Å². The second-order valence-corrected chi connectivity index (χ2v) is 7.35. The summed E-state index contributed by atoms with van der Waals surface area (Å²) in [4.78, 5) is 14.4. The van der Waals surface area contributed by atoms with Crippen LogP contribution in [-0.2, 0) is 6.54 Å². The Morgan fingerprint density at radius 3 is 2.68 bits per heavy atom. The zero-order chi connectivity index (χ0) is 19.6. The fourth-order valence-corrected chi connectivity index (χ4v) is 3.54. The summed E-state index contributed by atoms with van der Waals surface area (Å²) in [6.45, 7) is 0.946. The van der Waals surface area contributed by atoms with Gasteiger partial charge < -0.3 is 15.1 Å². The second-order valence-electron chi connectivity index (χ2n) is 7.35. The number of nitrogens with zero attached hydrogens (tertiary/aromatic N) is 3. The standard InChI is InChI=1S/C22H23N3O3/c26-16-22(28)9-10-24(15-22)21(27)19-8-4-7-18(11-19)20-12-23-25(14-20)13-17-5-2-1-3-6-17/h1-8,11-12,14,26,28H,9-10,13,15-16H2/t22-/m1/s1. The van der Waals surface area contributed by atoms with Gasteiger partial charge in [0.15, 0.2) is 0 Å². The normalized spacial score (nSPS) is 19.1. The van der Waals surface area contributed by atoms with Crippen LogP contribution in [0.2, 0.25) is 0 Å². The summed E-state index contributed by atoms with van der Waals surface area (Å²) < 4.78 is 1.88. The Bertz CT molecular complexity index is 970. The molecule has 2 heterocycles. The van der Waals surface area contributed by atoms with Gasteiger partial charge in [-0.15, -0.1) is 0 Å². The molecule has 1 aliphatic heterocycles. The number of amides is 1. The number of hydrogen-bond donors (Lipinski definition) is 2. The highest BCUT2D eigenvalue weighted by molar-refractivity contribution is 5.95. The first-order valence-electron chi connectivity index (χ1n) is 9.36. The van der Waals surface area contributed by atoms with Crippen LogP contribution in [0.5, 0.6) is 0 Å². The predicted molar refractivity (Wildman–Crippen MR) is 106 cm³/mol. The number of benzene rings is 2. The average Bonchev–Trinajstić information content (AvgIpc) is 3.36. The molecule has 2 aromatic carbocycles. The molecule has 0 unspecified atom stereocenters. The molecule has 2 N–H and O–H groups in total. The molecule has 4 rings (SSSR count). The lowest BCUT2D eigenvalue weighted by molar-refractivity contribution is -0.00455. The molecule has 1 aromatic heterocycles. The highest BCUT2D eigenvalue weighted by Gasteiger charge is 2.37. The van der Waals surface area contributed by atoms with Gasteiger partial charge in [-0.3, -0.25) is 9.48 Å². The van der Waals surface area contributed by atoms with Gasteiger partial charge in [0.2, 0.25) is 0 Å². The SMILES string of the molecule is O=C(c1cccc(-c2cnn(Cc3ccccc3)c2)c1)N1CC[C@](O)(CO)C1. The van der Waals surface area contributed by atoms with E-state index in [1.807, 2.05) is 47.3 Å². The van der Waals surface area contributed by atoms with Crippen LogP contribution in [0.1, 0.15) is 22.3 Å². The minimum atomic E-state index is -1.19. The second kappa shape index (κ2) is 7.58. The number of aromatic nitrogens is 2. The monoisotopic (exact) mass is 377 g/mol. The minimum absolute atomic E-state index is 0.136. The van der Waals surface area contributed by atoms with E-state index in [9.17, 15) is 15.0 Å². The maximum Gasteiger partial charge on any atom is 0.253 e. The highest BCUT2D eigenvalue weighted by atomic mass is 16.3. The quantitative estimate of drug-likeness (QED) is 0.714. The third-order valence-corrected chi connectivity index (χ3v) is 5.18. The van der Waals surface area contributed by atoms with Crippen molar-refractivity contribution in [2.75, 3.05) is 19.7 Å². The lowest BCUT2D eigenvalue weighted by Crippen LogP contribution is -2.38. The Morgan fingerprint density at radius 2 is 1.93 bits per heavy atom. The van der Waals surface area contributed by atoms with Gasteiger partial charge in [0.05, 0.1) is 25.9 Å². The van der Waals surface area contributed by atoms with Crippen molar-refractivity contribution in [3.8, 4) is 11.1 Å². The lowest BCUT2D eigenvalue weighted by Gasteiger charge is -2.21. The molecule has 1 amide bonds. The van der Waals surface area contributed by atoms with Gasteiger partial charge in [-0.25, -0.2) is 0 Å². The summed E-state index contributed by atoms with van der Waals surface area (Å²) in [5.41, 5.74) is 2.41. The smallest absolute Gasteiger partial charge is 0.253 e. The molecule has 1 aliphatic rings. The number of hydrogen-bond acceptors (Lipinski definition) is 4. The highest BCUT2D eigenvalue weighted by Crippen LogP contribution is 2.25. The Kier molecular flexibility index (Phi) is 4.98. The number of likely N-dealkylation sites (tertiary alicyclic amines) is 1. The number of carbonyl (C=O) groups excluding carboxylic acids is 1. The molecule has 144 valence electrons. The van der Waals surface area contributed by atoms with Crippen molar-refractivity contribution in [1.29, 1.82) is 0 Å². The summed E-state index contributed by atoms with van der Waals surface area (Å²) in [5.74, 6) is -0.136. The zero-order valence-electron chi connectivity index (χ0n) is 15.5. The average molecular weight is 377 g/mol. The van der Waals surface area contributed by atoms with Crippen molar-refractivity contribution in [2.45, 2.75) is 18.6 Å². The van der Waals surface area contributed by atoms with Gasteiger partial charge in [0.1, 0.15) is 5.60 Å². The predicted octanol–water partition coefficient (Wildman–Crippen LogP) is 2.17.